The second-order valence-electron chi connectivity index (χ2n) is 4.19. The monoisotopic (exact) mass is 201 g/mol. The summed E-state index contributed by atoms with van der Waals surface area (Å²) in [5.41, 5.74) is 0. The summed E-state index contributed by atoms with van der Waals surface area (Å²) in [6, 6.07) is 1.51. The van der Waals surface area contributed by atoms with Crippen LogP contribution in [0.2, 0.25) is 0 Å². The van der Waals surface area contributed by atoms with E-state index in [9.17, 15) is 0 Å². The first-order chi connectivity index (χ1) is 6.26. The van der Waals surface area contributed by atoms with Gasteiger partial charge in [0.2, 0.25) is 0 Å². The molecule has 0 heterocycles. The maximum atomic E-state index is 3.70. The van der Waals surface area contributed by atoms with Crippen LogP contribution in [0, 0.1) is 0 Å². The molecule has 0 aromatic carbocycles. The quantitative estimate of drug-likeness (QED) is 0.750. The molecule has 1 unspecified atom stereocenters. The van der Waals surface area contributed by atoms with Gasteiger partial charge in [0, 0.05) is 17.3 Å². The summed E-state index contributed by atoms with van der Waals surface area (Å²) in [5, 5.41) is 4.64. The molecule has 0 spiro atoms. The molecule has 2 heteroatoms. The van der Waals surface area contributed by atoms with Crippen molar-refractivity contribution in [3.8, 4) is 0 Å². The molecule has 0 bridgehead atoms. The highest BCUT2D eigenvalue weighted by atomic mass is 32.2. The second kappa shape index (κ2) is 5.92. The molecular formula is C11H23NS. The van der Waals surface area contributed by atoms with Gasteiger partial charge in [-0.05, 0) is 45.3 Å². The fraction of sp³-hybridized carbons (Fsp3) is 1.00. The van der Waals surface area contributed by atoms with Crippen LogP contribution in [-0.4, -0.2) is 23.6 Å². The topological polar surface area (TPSA) is 12.0 Å². The molecule has 1 rings (SSSR count). The average molecular weight is 201 g/mol. The summed E-state index contributed by atoms with van der Waals surface area (Å²) in [6.45, 7) is 4.55. The van der Waals surface area contributed by atoms with Crippen molar-refractivity contribution in [1.29, 1.82) is 0 Å². The van der Waals surface area contributed by atoms with E-state index in [1.165, 1.54) is 32.1 Å². The van der Waals surface area contributed by atoms with Crippen molar-refractivity contribution in [2.75, 3.05) is 6.26 Å². The van der Waals surface area contributed by atoms with E-state index in [1.807, 2.05) is 11.8 Å². The first-order valence-corrected chi connectivity index (χ1v) is 6.83. The van der Waals surface area contributed by atoms with Crippen molar-refractivity contribution in [2.24, 2.45) is 0 Å². The van der Waals surface area contributed by atoms with E-state index < -0.39 is 0 Å². The minimum atomic E-state index is 0.704. The van der Waals surface area contributed by atoms with E-state index in [1.54, 1.807) is 0 Å². The molecule has 13 heavy (non-hydrogen) atoms. The fourth-order valence-corrected chi connectivity index (χ4v) is 2.73. The SMILES string of the molecule is CCC(C)NC1CCC(SC)CC1. The third kappa shape index (κ3) is 3.90. The Balaban J connectivity index is 2.17. The minimum absolute atomic E-state index is 0.704. The van der Waals surface area contributed by atoms with Crippen LogP contribution >= 0.6 is 11.8 Å². The zero-order valence-corrected chi connectivity index (χ0v) is 9.99. The third-order valence-electron chi connectivity index (χ3n) is 3.14. The number of hydrogen-bond donors (Lipinski definition) is 1. The maximum Gasteiger partial charge on any atom is 0.00703 e. The van der Waals surface area contributed by atoms with Crippen LogP contribution in [0.5, 0.6) is 0 Å². The summed E-state index contributed by atoms with van der Waals surface area (Å²) in [7, 11) is 0. The highest BCUT2D eigenvalue weighted by Gasteiger charge is 2.20. The molecule has 0 amide bonds. The summed E-state index contributed by atoms with van der Waals surface area (Å²) in [5.74, 6) is 0. The molecule has 1 aliphatic rings. The molecule has 1 N–H and O–H groups in total. The molecule has 1 saturated carbocycles. The predicted molar refractivity (Wildman–Crippen MR) is 62.4 cm³/mol. The van der Waals surface area contributed by atoms with Crippen molar-refractivity contribution in [2.45, 2.75) is 63.3 Å². The van der Waals surface area contributed by atoms with Gasteiger partial charge in [-0.15, -0.1) is 0 Å². The third-order valence-corrected chi connectivity index (χ3v) is 4.28. The Bertz CT molecular complexity index is 130. The van der Waals surface area contributed by atoms with Gasteiger partial charge in [0.25, 0.3) is 0 Å². The number of nitrogens with one attached hydrogen (secondary N) is 1. The van der Waals surface area contributed by atoms with Crippen LogP contribution in [-0.2, 0) is 0 Å². The molecular weight excluding hydrogens is 178 g/mol. The molecule has 0 radical (unpaired) electrons. The molecule has 1 aliphatic carbocycles. The van der Waals surface area contributed by atoms with Crippen LogP contribution in [0.4, 0.5) is 0 Å². The molecule has 0 aromatic heterocycles. The van der Waals surface area contributed by atoms with Crippen molar-refractivity contribution < 1.29 is 0 Å². The van der Waals surface area contributed by atoms with Crippen LogP contribution in [0.25, 0.3) is 0 Å². The highest BCUT2D eigenvalue weighted by Crippen LogP contribution is 2.27. The zero-order valence-electron chi connectivity index (χ0n) is 9.18. The van der Waals surface area contributed by atoms with Crippen LogP contribution in [0.1, 0.15) is 46.0 Å². The van der Waals surface area contributed by atoms with Crippen molar-refractivity contribution in [3.05, 3.63) is 0 Å². The van der Waals surface area contributed by atoms with Gasteiger partial charge in [-0.3, -0.25) is 0 Å². The van der Waals surface area contributed by atoms with E-state index in [0.717, 1.165) is 11.3 Å². The van der Waals surface area contributed by atoms with Crippen molar-refractivity contribution >= 4 is 11.8 Å². The minimum Gasteiger partial charge on any atom is -0.312 e. The smallest absolute Gasteiger partial charge is 0.00703 e. The van der Waals surface area contributed by atoms with Gasteiger partial charge in [-0.1, -0.05) is 6.92 Å². The Hall–Kier alpha value is 0.310. The Kier molecular flexibility index (Phi) is 5.18. The summed E-state index contributed by atoms with van der Waals surface area (Å²) in [4.78, 5) is 0. The average Bonchev–Trinajstić information content (AvgIpc) is 2.19. The number of thioether (sulfide) groups is 1. The van der Waals surface area contributed by atoms with Gasteiger partial charge >= 0.3 is 0 Å². The van der Waals surface area contributed by atoms with Gasteiger partial charge in [0.1, 0.15) is 0 Å². The van der Waals surface area contributed by atoms with Crippen LogP contribution in [0.15, 0.2) is 0 Å². The lowest BCUT2D eigenvalue weighted by Crippen LogP contribution is -2.39. The van der Waals surface area contributed by atoms with Gasteiger partial charge in [0.05, 0.1) is 0 Å². The van der Waals surface area contributed by atoms with Gasteiger partial charge in [0.15, 0.2) is 0 Å². The van der Waals surface area contributed by atoms with E-state index >= 15 is 0 Å². The summed E-state index contributed by atoms with van der Waals surface area (Å²) in [6.07, 6.45) is 9.09. The first kappa shape index (κ1) is 11.4. The van der Waals surface area contributed by atoms with E-state index in [2.05, 4.69) is 25.4 Å². The van der Waals surface area contributed by atoms with Crippen molar-refractivity contribution in [3.63, 3.8) is 0 Å². The fourth-order valence-electron chi connectivity index (χ4n) is 1.99. The number of rotatable bonds is 4. The zero-order chi connectivity index (χ0) is 9.68. The Morgan fingerprint density at radius 2 is 1.92 bits per heavy atom. The number of hydrogen-bond acceptors (Lipinski definition) is 2. The molecule has 1 atom stereocenters. The van der Waals surface area contributed by atoms with E-state index in [4.69, 9.17) is 0 Å². The van der Waals surface area contributed by atoms with Crippen molar-refractivity contribution in [1.82, 2.24) is 5.32 Å². The first-order valence-electron chi connectivity index (χ1n) is 5.55. The molecule has 0 aliphatic heterocycles. The van der Waals surface area contributed by atoms with Gasteiger partial charge in [-0.25, -0.2) is 0 Å². The Labute approximate surface area is 87.1 Å². The largest absolute Gasteiger partial charge is 0.312 e. The molecule has 1 fully saturated rings. The molecule has 1 nitrogen and oxygen atoms in total. The summed E-state index contributed by atoms with van der Waals surface area (Å²) >= 11 is 2.04. The molecule has 0 saturated heterocycles. The van der Waals surface area contributed by atoms with Gasteiger partial charge < -0.3 is 5.32 Å². The van der Waals surface area contributed by atoms with Gasteiger partial charge in [-0.2, -0.15) is 11.8 Å². The standard InChI is InChI=1S/C11H23NS/c1-4-9(2)12-10-5-7-11(13-3)8-6-10/h9-12H,4-8H2,1-3H3. The highest BCUT2D eigenvalue weighted by molar-refractivity contribution is 7.99. The lowest BCUT2D eigenvalue weighted by molar-refractivity contribution is 0.345. The molecule has 0 aromatic rings. The Morgan fingerprint density at radius 3 is 2.38 bits per heavy atom. The van der Waals surface area contributed by atoms with Crippen LogP contribution in [0.3, 0.4) is 0 Å². The van der Waals surface area contributed by atoms with Crippen LogP contribution < -0.4 is 5.32 Å². The molecule has 78 valence electrons. The summed E-state index contributed by atoms with van der Waals surface area (Å²) < 4.78 is 0. The second-order valence-corrected chi connectivity index (χ2v) is 5.32. The van der Waals surface area contributed by atoms with E-state index in [0.29, 0.717) is 6.04 Å². The Morgan fingerprint density at radius 1 is 1.31 bits per heavy atom. The normalized spacial score (nSPS) is 31.6. The predicted octanol–water partition coefficient (Wildman–Crippen LogP) is 3.05. The maximum absolute atomic E-state index is 3.70. The lowest BCUT2D eigenvalue weighted by atomic mass is 9.94. The lowest BCUT2D eigenvalue weighted by Gasteiger charge is -2.30. The van der Waals surface area contributed by atoms with E-state index in [-0.39, 0.29) is 0 Å².